The number of aromatic nitrogens is 1. The maximum absolute atomic E-state index is 11.6. The molecule has 0 radical (unpaired) electrons. The van der Waals surface area contributed by atoms with E-state index in [-0.39, 0.29) is 5.76 Å². The maximum Gasteiger partial charge on any atom is 0.310 e. The second kappa shape index (κ2) is 10.2. The third-order valence-corrected chi connectivity index (χ3v) is 5.40. The van der Waals surface area contributed by atoms with Crippen LogP contribution < -0.4 is 10.8 Å². The Morgan fingerprint density at radius 3 is 2.77 bits per heavy atom. The number of benzene rings is 1. The molecule has 8 heteroatoms. The fourth-order valence-corrected chi connectivity index (χ4v) is 3.61. The zero-order valence-electron chi connectivity index (χ0n) is 18.0. The number of pyridine rings is 1. The standard InChI is InChI=1S/C23H28N4O4/c1-15-5-4-6-19(16(15)2)13-27-10-9-20(14-27)25-22-8-7-18(12-24-22)11-21(23(29)26-30)31-17(3)28/h4-8,11-12,20,30H,9-10,13-14H2,1-3H3,(H,24,25)(H,26,29)/b21-11+/t20-/m1/s1. The molecule has 8 nitrogen and oxygen atoms in total. The summed E-state index contributed by atoms with van der Waals surface area (Å²) < 4.78 is 4.82. The molecule has 164 valence electrons. The van der Waals surface area contributed by atoms with Crippen molar-refractivity contribution in [3.05, 3.63) is 64.5 Å². The predicted molar refractivity (Wildman–Crippen MR) is 117 cm³/mol. The maximum atomic E-state index is 11.6. The first-order valence-corrected chi connectivity index (χ1v) is 10.2. The van der Waals surface area contributed by atoms with Crippen LogP contribution in [0.1, 0.15) is 35.6 Å². The van der Waals surface area contributed by atoms with Crippen molar-refractivity contribution in [3.8, 4) is 0 Å². The summed E-state index contributed by atoms with van der Waals surface area (Å²) >= 11 is 0. The lowest BCUT2D eigenvalue weighted by Crippen LogP contribution is -2.26. The van der Waals surface area contributed by atoms with Gasteiger partial charge in [0.15, 0.2) is 5.76 Å². The predicted octanol–water partition coefficient (Wildman–Crippen LogP) is 2.79. The number of amides is 1. The quantitative estimate of drug-likeness (QED) is 0.206. The SMILES string of the molecule is CC(=O)O/C(=C/c1ccc(N[C@@H]2CCN(Cc3cccc(C)c3C)C2)nc1)C(=O)NO. The van der Waals surface area contributed by atoms with E-state index in [0.29, 0.717) is 11.6 Å². The molecule has 1 aromatic heterocycles. The van der Waals surface area contributed by atoms with Crippen LogP contribution in [0.2, 0.25) is 0 Å². The molecule has 0 spiro atoms. The number of rotatable bonds is 7. The monoisotopic (exact) mass is 424 g/mol. The Kier molecular flexibility index (Phi) is 7.38. The lowest BCUT2D eigenvalue weighted by atomic mass is 10.0. The fraction of sp³-hybridized carbons (Fsp3) is 0.348. The number of likely N-dealkylation sites (tertiary alicyclic amines) is 1. The fourth-order valence-electron chi connectivity index (χ4n) is 3.61. The van der Waals surface area contributed by atoms with Crippen molar-refractivity contribution in [1.29, 1.82) is 0 Å². The lowest BCUT2D eigenvalue weighted by molar-refractivity contribution is -0.142. The number of nitrogens with zero attached hydrogens (tertiary/aromatic N) is 2. The van der Waals surface area contributed by atoms with Gasteiger partial charge in [0.2, 0.25) is 0 Å². The first-order chi connectivity index (χ1) is 14.9. The average Bonchev–Trinajstić information content (AvgIpc) is 3.18. The van der Waals surface area contributed by atoms with Crippen molar-refractivity contribution in [3.63, 3.8) is 0 Å². The van der Waals surface area contributed by atoms with Gasteiger partial charge in [0, 0.05) is 38.8 Å². The van der Waals surface area contributed by atoms with E-state index >= 15 is 0 Å². The molecule has 0 unspecified atom stereocenters. The number of anilines is 1. The van der Waals surface area contributed by atoms with Gasteiger partial charge in [0.25, 0.3) is 0 Å². The molecule has 31 heavy (non-hydrogen) atoms. The van der Waals surface area contributed by atoms with Crippen molar-refractivity contribution in [2.45, 2.75) is 39.8 Å². The van der Waals surface area contributed by atoms with Crippen LogP contribution in [0.25, 0.3) is 6.08 Å². The molecule has 1 aliphatic heterocycles. The van der Waals surface area contributed by atoms with Crippen LogP contribution in [0.15, 0.2) is 42.3 Å². The Balaban J connectivity index is 1.59. The minimum Gasteiger partial charge on any atom is -0.421 e. The summed E-state index contributed by atoms with van der Waals surface area (Å²) in [7, 11) is 0. The Morgan fingerprint density at radius 2 is 2.10 bits per heavy atom. The van der Waals surface area contributed by atoms with Gasteiger partial charge >= 0.3 is 11.9 Å². The van der Waals surface area contributed by atoms with Crippen molar-refractivity contribution >= 4 is 23.8 Å². The molecule has 0 aliphatic carbocycles. The molecule has 3 rings (SSSR count). The molecule has 2 heterocycles. The van der Waals surface area contributed by atoms with Crippen molar-refractivity contribution < 1.29 is 19.5 Å². The van der Waals surface area contributed by atoms with Crippen LogP contribution in [0.3, 0.4) is 0 Å². The van der Waals surface area contributed by atoms with Crippen molar-refractivity contribution in [2.24, 2.45) is 0 Å². The van der Waals surface area contributed by atoms with E-state index in [9.17, 15) is 9.59 Å². The molecule has 0 bridgehead atoms. The molecule has 0 saturated carbocycles. The number of hydroxylamine groups is 1. The smallest absolute Gasteiger partial charge is 0.310 e. The number of hydrogen-bond acceptors (Lipinski definition) is 7. The summed E-state index contributed by atoms with van der Waals surface area (Å²) in [5.41, 5.74) is 6.06. The largest absolute Gasteiger partial charge is 0.421 e. The molecule has 1 fully saturated rings. The number of esters is 1. The summed E-state index contributed by atoms with van der Waals surface area (Å²) in [5.74, 6) is -1.15. The summed E-state index contributed by atoms with van der Waals surface area (Å²) in [6.07, 6.45) is 3.94. The van der Waals surface area contributed by atoms with E-state index in [1.54, 1.807) is 18.3 Å². The van der Waals surface area contributed by atoms with Gasteiger partial charge in [-0.05, 0) is 60.7 Å². The normalized spacial score (nSPS) is 16.8. The van der Waals surface area contributed by atoms with Crippen LogP contribution >= 0.6 is 0 Å². The van der Waals surface area contributed by atoms with Gasteiger partial charge in [-0.1, -0.05) is 18.2 Å². The van der Waals surface area contributed by atoms with Gasteiger partial charge in [-0.3, -0.25) is 19.7 Å². The first kappa shape index (κ1) is 22.5. The van der Waals surface area contributed by atoms with E-state index < -0.39 is 11.9 Å². The number of ether oxygens (including phenoxy) is 1. The third-order valence-electron chi connectivity index (χ3n) is 5.40. The second-order valence-corrected chi connectivity index (χ2v) is 7.74. The van der Waals surface area contributed by atoms with E-state index in [4.69, 9.17) is 9.94 Å². The van der Waals surface area contributed by atoms with Gasteiger partial charge in [-0.2, -0.15) is 0 Å². The Morgan fingerprint density at radius 1 is 1.29 bits per heavy atom. The number of aryl methyl sites for hydroxylation is 1. The topological polar surface area (TPSA) is 104 Å². The van der Waals surface area contributed by atoms with E-state index in [0.717, 1.165) is 31.9 Å². The Hall–Kier alpha value is -3.23. The zero-order chi connectivity index (χ0) is 22.4. The molecule has 1 saturated heterocycles. The highest BCUT2D eigenvalue weighted by Crippen LogP contribution is 2.20. The highest BCUT2D eigenvalue weighted by molar-refractivity contribution is 5.97. The molecule has 1 atom stereocenters. The van der Waals surface area contributed by atoms with E-state index in [2.05, 4.69) is 47.2 Å². The Labute approximate surface area is 181 Å². The van der Waals surface area contributed by atoms with Crippen molar-refractivity contribution in [2.75, 3.05) is 18.4 Å². The number of hydrogen-bond donors (Lipinski definition) is 3. The van der Waals surface area contributed by atoms with Crippen LogP contribution in [-0.2, 0) is 20.9 Å². The van der Waals surface area contributed by atoms with Crippen LogP contribution in [0.4, 0.5) is 5.82 Å². The molecule has 1 amide bonds. The molecular formula is C23H28N4O4. The minimum atomic E-state index is -0.910. The van der Waals surface area contributed by atoms with Gasteiger partial charge in [-0.15, -0.1) is 0 Å². The lowest BCUT2D eigenvalue weighted by Gasteiger charge is -2.19. The second-order valence-electron chi connectivity index (χ2n) is 7.74. The summed E-state index contributed by atoms with van der Waals surface area (Å²) in [6.45, 7) is 8.39. The van der Waals surface area contributed by atoms with Crippen LogP contribution in [0.5, 0.6) is 0 Å². The summed E-state index contributed by atoms with van der Waals surface area (Å²) in [6, 6.07) is 10.3. The number of nitrogens with one attached hydrogen (secondary N) is 2. The summed E-state index contributed by atoms with van der Waals surface area (Å²) in [4.78, 5) is 29.6. The zero-order valence-corrected chi connectivity index (χ0v) is 18.0. The highest BCUT2D eigenvalue weighted by Gasteiger charge is 2.23. The molecule has 1 aliphatic rings. The van der Waals surface area contributed by atoms with Gasteiger partial charge in [-0.25, -0.2) is 10.5 Å². The molecule has 1 aromatic carbocycles. The molecular weight excluding hydrogens is 396 g/mol. The van der Waals surface area contributed by atoms with Gasteiger partial charge < -0.3 is 10.1 Å². The average molecular weight is 425 g/mol. The van der Waals surface area contributed by atoms with Crippen LogP contribution in [-0.4, -0.2) is 46.1 Å². The number of carbonyl (C=O) groups is 2. The summed E-state index contributed by atoms with van der Waals surface area (Å²) in [5, 5.41) is 12.2. The van der Waals surface area contributed by atoms with Gasteiger partial charge in [0.1, 0.15) is 5.82 Å². The van der Waals surface area contributed by atoms with E-state index in [1.807, 2.05) is 0 Å². The van der Waals surface area contributed by atoms with Crippen LogP contribution in [0, 0.1) is 13.8 Å². The molecule has 3 N–H and O–H groups in total. The van der Waals surface area contributed by atoms with E-state index in [1.165, 1.54) is 35.2 Å². The van der Waals surface area contributed by atoms with Gasteiger partial charge in [0.05, 0.1) is 0 Å². The Bertz CT molecular complexity index is 972. The first-order valence-electron chi connectivity index (χ1n) is 10.2. The minimum absolute atomic E-state index is 0.302. The number of carbonyl (C=O) groups excluding carboxylic acids is 2. The highest BCUT2D eigenvalue weighted by atomic mass is 16.5. The third kappa shape index (κ3) is 6.13. The van der Waals surface area contributed by atoms with Crippen molar-refractivity contribution in [1.82, 2.24) is 15.4 Å². The molecule has 2 aromatic rings.